The Morgan fingerprint density at radius 2 is 2.28 bits per heavy atom. The normalized spacial score (nSPS) is 13.4. The fraction of sp³-hybridized carbons (Fsp3) is 0.412. The van der Waals surface area contributed by atoms with Gasteiger partial charge in [-0.2, -0.15) is 5.10 Å². The van der Waals surface area contributed by atoms with Crippen LogP contribution in [0.2, 0.25) is 0 Å². The Hall–Kier alpha value is -2.48. The average Bonchev–Trinajstić information content (AvgIpc) is 3.19. The van der Waals surface area contributed by atoms with E-state index in [1.165, 1.54) is 11.3 Å². The standard InChI is InChI=1S/C17H20N4O3S/c1-4-7-21-14-6-8-20(16(22)13-10-25-11(3)18-13)9-12(14)15(19-21)17(23)24-5-2/h4,10H,1,5-9H2,2-3H3. The van der Waals surface area contributed by atoms with Gasteiger partial charge in [0.1, 0.15) is 5.69 Å². The van der Waals surface area contributed by atoms with Crippen molar-refractivity contribution in [1.82, 2.24) is 19.7 Å². The van der Waals surface area contributed by atoms with Crippen molar-refractivity contribution in [2.24, 2.45) is 0 Å². The predicted molar refractivity (Wildman–Crippen MR) is 93.7 cm³/mol. The Morgan fingerprint density at radius 1 is 1.48 bits per heavy atom. The maximum atomic E-state index is 12.7. The number of allylic oxidation sites excluding steroid dienone is 1. The van der Waals surface area contributed by atoms with Crippen molar-refractivity contribution in [2.45, 2.75) is 33.4 Å². The van der Waals surface area contributed by atoms with Crippen LogP contribution >= 0.6 is 11.3 Å². The molecule has 2 aromatic rings. The van der Waals surface area contributed by atoms with Crippen molar-refractivity contribution in [1.29, 1.82) is 0 Å². The van der Waals surface area contributed by atoms with Crippen LogP contribution in [0.1, 0.15) is 44.2 Å². The number of rotatable bonds is 5. The van der Waals surface area contributed by atoms with Gasteiger partial charge in [-0.15, -0.1) is 17.9 Å². The minimum Gasteiger partial charge on any atom is -0.461 e. The summed E-state index contributed by atoms with van der Waals surface area (Å²) < 4.78 is 6.88. The molecule has 132 valence electrons. The molecule has 8 heteroatoms. The Labute approximate surface area is 149 Å². The van der Waals surface area contributed by atoms with Crippen LogP contribution in [-0.2, 0) is 24.2 Å². The van der Waals surface area contributed by atoms with E-state index in [4.69, 9.17) is 4.74 Å². The van der Waals surface area contributed by atoms with E-state index in [9.17, 15) is 9.59 Å². The fourth-order valence-electron chi connectivity index (χ4n) is 2.92. The summed E-state index contributed by atoms with van der Waals surface area (Å²) in [5.74, 6) is -0.582. The molecule has 0 fully saturated rings. The van der Waals surface area contributed by atoms with Crippen molar-refractivity contribution in [3.05, 3.63) is 45.7 Å². The molecular formula is C17H20N4O3S. The molecule has 0 saturated carbocycles. The van der Waals surface area contributed by atoms with E-state index >= 15 is 0 Å². The summed E-state index contributed by atoms with van der Waals surface area (Å²) in [7, 11) is 0. The summed E-state index contributed by atoms with van der Waals surface area (Å²) in [6.45, 7) is 9.04. The molecule has 25 heavy (non-hydrogen) atoms. The number of fused-ring (bicyclic) bond motifs is 1. The van der Waals surface area contributed by atoms with E-state index in [2.05, 4.69) is 16.7 Å². The van der Waals surface area contributed by atoms with Crippen molar-refractivity contribution in [3.63, 3.8) is 0 Å². The van der Waals surface area contributed by atoms with Gasteiger partial charge in [-0.1, -0.05) is 6.08 Å². The van der Waals surface area contributed by atoms with E-state index in [0.717, 1.165) is 16.3 Å². The number of aryl methyl sites for hydroxylation is 1. The largest absolute Gasteiger partial charge is 0.461 e. The number of aromatic nitrogens is 3. The Bertz CT molecular complexity index is 824. The van der Waals surface area contributed by atoms with Crippen LogP contribution in [-0.4, -0.2) is 44.7 Å². The lowest BCUT2D eigenvalue weighted by Crippen LogP contribution is -2.37. The number of nitrogens with zero attached hydrogens (tertiary/aromatic N) is 4. The molecule has 2 aromatic heterocycles. The van der Waals surface area contributed by atoms with Gasteiger partial charge < -0.3 is 9.64 Å². The van der Waals surface area contributed by atoms with Gasteiger partial charge in [0.05, 0.1) is 24.7 Å². The highest BCUT2D eigenvalue weighted by atomic mass is 32.1. The molecule has 1 aliphatic rings. The Morgan fingerprint density at radius 3 is 2.92 bits per heavy atom. The highest BCUT2D eigenvalue weighted by molar-refractivity contribution is 7.09. The summed E-state index contributed by atoms with van der Waals surface area (Å²) in [4.78, 5) is 30.9. The van der Waals surface area contributed by atoms with Crippen LogP contribution in [0.15, 0.2) is 18.0 Å². The highest BCUT2D eigenvalue weighted by Crippen LogP contribution is 2.25. The van der Waals surface area contributed by atoms with E-state index < -0.39 is 5.97 Å². The van der Waals surface area contributed by atoms with Gasteiger partial charge in [-0.3, -0.25) is 9.48 Å². The van der Waals surface area contributed by atoms with Gasteiger partial charge >= 0.3 is 5.97 Å². The molecule has 7 nitrogen and oxygen atoms in total. The van der Waals surface area contributed by atoms with Crippen molar-refractivity contribution < 1.29 is 14.3 Å². The quantitative estimate of drug-likeness (QED) is 0.603. The third-order valence-corrected chi connectivity index (χ3v) is 4.80. The molecule has 0 unspecified atom stereocenters. The van der Waals surface area contributed by atoms with Gasteiger partial charge in [0.25, 0.3) is 5.91 Å². The number of hydrogen-bond acceptors (Lipinski definition) is 6. The number of amides is 1. The second-order valence-corrected chi connectivity index (χ2v) is 6.76. The number of carbonyl (C=O) groups excluding carboxylic acids is 2. The van der Waals surface area contributed by atoms with Crippen LogP contribution in [0, 0.1) is 6.92 Å². The summed E-state index contributed by atoms with van der Waals surface area (Å²) in [6, 6.07) is 0. The second kappa shape index (κ2) is 7.18. The smallest absolute Gasteiger partial charge is 0.359 e. The van der Waals surface area contributed by atoms with Crippen molar-refractivity contribution >= 4 is 23.2 Å². The first-order valence-corrected chi connectivity index (χ1v) is 9.01. The summed E-state index contributed by atoms with van der Waals surface area (Å²) in [6.07, 6.45) is 2.36. The maximum absolute atomic E-state index is 12.7. The zero-order valence-corrected chi connectivity index (χ0v) is 15.1. The van der Waals surface area contributed by atoms with Gasteiger partial charge in [0.2, 0.25) is 0 Å². The lowest BCUT2D eigenvalue weighted by Gasteiger charge is -2.27. The summed E-state index contributed by atoms with van der Waals surface area (Å²) in [5.41, 5.74) is 2.45. The number of thiazole rings is 1. The molecule has 0 aliphatic carbocycles. The lowest BCUT2D eigenvalue weighted by molar-refractivity contribution is 0.0513. The molecular weight excluding hydrogens is 340 g/mol. The van der Waals surface area contributed by atoms with Crippen LogP contribution in [0.25, 0.3) is 0 Å². The van der Waals surface area contributed by atoms with Gasteiger partial charge in [-0.25, -0.2) is 9.78 Å². The van der Waals surface area contributed by atoms with E-state index in [0.29, 0.717) is 31.7 Å². The van der Waals surface area contributed by atoms with Gasteiger partial charge in [-0.05, 0) is 13.8 Å². The number of ether oxygens (including phenoxy) is 1. The summed E-state index contributed by atoms with van der Waals surface area (Å²) >= 11 is 1.45. The minimum atomic E-state index is -0.458. The highest BCUT2D eigenvalue weighted by Gasteiger charge is 2.31. The van der Waals surface area contributed by atoms with Crippen molar-refractivity contribution in [2.75, 3.05) is 13.2 Å². The zero-order valence-electron chi connectivity index (χ0n) is 14.3. The van der Waals surface area contributed by atoms with Gasteiger partial charge in [0.15, 0.2) is 5.69 Å². The maximum Gasteiger partial charge on any atom is 0.359 e. The van der Waals surface area contributed by atoms with Crippen LogP contribution in [0.5, 0.6) is 0 Å². The average molecular weight is 360 g/mol. The first-order valence-electron chi connectivity index (χ1n) is 8.13. The molecule has 0 N–H and O–H groups in total. The van der Waals surface area contributed by atoms with Crippen molar-refractivity contribution in [3.8, 4) is 0 Å². The monoisotopic (exact) mass is 360 g/mol. The first-order chi connectivity index (χ1) is 12.0. The number of esters is 1. The molecule has 0 aromatic carbocycles. The van der Waals surface area contributed by atoms with Crippen LogP contribution < -0.4 is 0 Å². The second-order valence-electron chi connectivity index (χ2n) is 5.69. The number of hydrogen-bond donors (Lipinski definition) is 0. The van der Waals surface area contributed by atoms with E-state index in [-0.39, 0.29) is 18.2 Å². The van der Waals surface area contributed by atoms with E-state index in [1.807, 2.05) is 6.92 Å². The fourth-order valence-corrected chi connectivity index (χ4v) is 3.51. The molecule has 1 aliphatic heterocycles. The van der Waals surface area contributed by atoms with Crippen LogP contribution in [0.4, 0.5) is 0 Å². The first kappa shape index (κ1) is 17.3. The van der Waals surface area contributed by atoms with Crippen LogP contribution in [0.3, 0.4) is 0 Å². The third-order valence-electron chi connectivity index (χ3n) is 4.03. The lowest BCUT2D eigenvalue weighted by atomic mass is 10.0. The minimum absolute atomic E-state index is 0.124. The molecule has 0 bridgehead atoms. The molecule has 3 heterocycles. The van der Waals surface area contributed by atoms with E-state index in [1.54, 1.807) is 28.0 Å². The Kier molecular flexibility index (Phi) is 4.98. The summed E-state index contributed by atoms with van der Waals surface area (Å²) in [5, 5.41) is 7.01. The molecule has 3 rings (SSSR count). The third kappa shape index (κ3) is 3.34. The molecule has 0 saturated heterocycles. The molecule has 1 amide bonds. The topological polar surface area (TPSA) is 77.3 Å². The zero-order chi connectivity index (χ0) is 18.0. The molecule has 0 atom stereocenters. The van der Waals surface area contributed by atoms with Gasteiger partial charge in [0, 0.05) is 29.6 Å². The SMILES string of the molecule is C=CCn1nc(C(=O)OCC)c2c1CCN(C(=O)c1csc(C)n1)C2. The Balaban J connectivity index is 1.91. The predicted octanol–water partition coefficient (Wildman–Crippen LogP) is 2.21. The molecule has 0 spiro atoms. The molecule has 0 radical (unpaired) electrons. The number of carbonyl (C=O) groups is 2.